The van der Waals surface area contributed by atoms with Crippen molar-refractivity contribution in [3.8, 4) is 11.5 Å². The molecule has 28 heavy (non-hydrogen) atoms. The molecule has 0 spiro atoms. The first kappa shape index (κ1) is 19.8. The van der Waals surface area contributed by atoms with Crippen molar-refractivity contribution in [2.75, 3.05) is 24.5 Å². The van der Waals surface area contributed by atoms with Crippen LogP contribution in [-0.2, 0) is 0 Å². The molecule has 0 bridgehead atoms. The van der Waals surface area contributed by atoms with Crippen LogP contribution < -0.4 is 15.0 Å². The van der Waals surface area contributed by atoms with Gasteiger partial charge in [-0.2, -0.15) is 0 Å². The standard InChI is InChI=1S/C19H19F3N2O4/c20-12-2-1-3-14(8-12)28-16-10-13(21)9-15(17(16)22)24-6-4-19(27,5-7-24)11-23-18(25)26/h1-3,8-10,23,27H,4-7,11H2,(H,25,26). The topological polar surface area (TPSA) is 82.0 Å². The van der Waals surface area contributed by atoms with E-state index in [4.69, 9.17) is 9.84 Å². The van der Waals surface area contributed by atoms with Crippen LogP contribution in [0.15, 0.2) is 36.4 Å². The number of aliphatic hydroxyl groups is 1. The molecule has 0 saturated carbocycles. The number of halogens is 3. The molecule has 0 radical (unpaired) electrons. The summed E-state index contributed by atoms with van der Waals surface area (Å²) in [6.45, 7) is 0.241. The smallest absolute Gasteiger partial charge is 0.404 e. The number of carbonyl (C=O) groups is 1. The minimum Gasteiger partial charge on any atom is -0.465 e. The molecule has 0 aromatic heterocycles. The highest BCUT2D eigenvalue weighted by Gasteiger charge is 2.34. The first-order valence-corrected chi connectivity index (χ1v) is 8.62. The van der Waals surface area contributed by atoms with E-state index in [1.54, 1.807) is 4.90 Å². The Morgan fingerprint density at radius 3 is 2.50 bits per heavy atom. The zero-order valence-electron chi connectivity index (χ0n) is 14.8. The number of hydrogen-bond donors (Lipinski definition) is 3. The number of ether oxygens (including phenoxy) is 1. The van der Waals surface area contributed by atoms with Gasteiger partial charge in [-0.25, -0.2) is 18.0 Å². The highest BCUT2D eigenvalue weighted by molar-refractivity contribution is 5.64. The number of anilines is 1. The Morgan fingerprint density at radius 2 is 1.86 bits per heavy atom. The van der Waals surface area contributed by atoms with E-state index in [0.717, 1.165) is 18.2 Å². The SMILES string of the molecule is O=C(O)NCC1(O)CCN(c2cc(F)cc(Oc3cccc(F)c3)c2F)CC1. The summed E-state index contributed by atoms with van der Waals surface area (Å²) < 4.78 is 47.5. The van der Waals surface area contributed by atoms with Crippen LogP contribution in [0.1, 0.15) is 12.8 Å². The summed E-state index contributed by atoms with van der Waals surface area (Å²) in [6, 6.07) is 6.96. The van der Waals surface area contributed by atoms with Crippen molar-refractivity contribution >= 4 is 11.8 Å². The first-order chi connectivity index (χ1) is 13.3. The lowest BCUT2D eigenvalue weighted by Crippen LogP contribution is -2.51. The molecule has 1 amide bonds. The number of benzene rings is 2. The molecule has 150 valence electrons. The number of rotatable bonds is 5. The number of hydrogen-bond acceptors (Lipinski definition) is 4. The van der Waals surface area contributed by atoms with Gasteiger partial charge < -0.3 is 25.2 Å². The summed E-state index contributed by atoms with van der Waals surface area (Å²) in [5.74, 6) is -2.45. The molecule has 0 unspecified atom stereocenters. The Balaban J connectivity index is 1.76. The fourth-order valence-electron chi connectivity index (χ4n) is 3.09. The summed E-state index contributed by atoms with van der Waals surface area (Å²) in [4.78, 5) is 12.1. The van der Waals surface area contributed by atoms with E-state index in [-0.39, 0.29) is 49.7 Å². The van der Waals surface area contributed by atoms with E-state index in [2.05, 4.69) is 5.32 Å². The fourth-order valence-corrected chi connectivity index (χ4v) is 3.09. The van der Waals surface area contributed by atoms with Gasteiger partial charge in [0.15, 0.2) is 11.6 Å². The van der Waals surface area contributed by atoms with Crippen LogP contribution in [0.4, 0.5) is 23.7 Å². The second kappa shape index (κ2) is 7.97. The molecule has 1 heterocycles. The van der Waals surface area contributed by atoms with Crippen molar-refractivity contribution in [3.05, 3.63) is 53.8 Å². The van der Waals surface area contributed by atoms with Crippen molar-refractivity contribution in [1.82, 2.24) is 5.32 Å². The third-order valence-corrected chi connectivity index (χ3v) is 4.61. The van der Waals surface area contributed by atoms with Gasteiger partial charge in [0.05, 0.1) is 11.3 Å². The minimum atomic E-state index is -1.25. The Kier molecular flexibility index (Phi) is 5.64. The Morgan fingerprint density at radius 1 is 1.14 bits per heavy atom. The first-order valence-electron chi connectivity index (χ1n) is 8.62. The highest BCUT2D eigenvalue weighted by Crippen LogP contribution is 2.35. The van der Waals surface area contributed by atoms with E-state index in [1.165, 1.54) is 18.2 Å². The number of piperidine rings is 1. The van der Waals surface area contributed by atoms with Crippen molar-refractivity contribution in [3.63, 3.8) is 0 Å². The maximum Gasteiger partial charge on any atom is 0.404 e. The molecule has 1 aliphatic heterocycles. The fraction of sp³-hybridized carbons (Fsp3) is 0.316. The summed E-state index contributed by atoms with van der Waals surface area (Å²) in [5, 5.41) is 21.2. The molecule has 1 fully saturated rings. The van der Waals surface area contributed by atoms with Gasteiger partial charge in [-0.3, -0.25) is 0 Å². The van der Waals surface area contributed by atoms with Crippen LogP contribution in [-0.4, -0.2) is 41.5 Å². The molecule has 0 atom stereocenters. The molecule has 1 saturated heterocycles. The van der Waals surface area contributed by atoms with Crippen molar-refractivity contribution in [2.45, 2.75) is 18.4 Å². The Bertz CT molecular complexity index is 870. The summed E-state index contributed by atoms with van der Waals surface area (Å²) in [6.07, 6.45) is -0.904. The van der Waals surface area contributed by atoms with Crippen molar-refractivity contribution in [1.29, 1.82) is 0 Å². The van der Waals surface area contributed by atoms with Crippen LogP contribution in [0, 0.1) is 17.5 Å². The van der Waals surface area contributed by atoms with Crippen molar-refractivity contribution in [2.24, 2.45) is 0 Å². The lowest BCUT2D eigenvalue weighted by Gasteiger charge is -2.39. The number of nitrogens with one attached hydrogen (secondary N) is 1. The van der Waals surface area contributed by atoms with Gasteiger partial charge in [0.2, 0.25) is 0 Å². The van der Waals surface area contributed by atoms with Gasteiger partial charge in [-0.05, 0) is 25.0 Å². The van der Waals surface area contributed by atoms with Gasteiger partial charge in [-0.1, -0.05) is 6.07 Å². The van der Waals surface area contributed by atoms with E-state index in [9.17, 15) is 23.1 Å². The second-order valence-corrected chi connectivity index (χ2v) is 6.67. The lowest BCUT2D eigenvalue weighted by atomic mass is 9.91. The zero-order valence-corrected chi connectivity index (χ0v) is 14.8. The third-order valence-electron chi connectivity index (χ3n) is 4.61. The number of amides is 1. The third kappa shape index (κ3) is 4.66. The highest BCUT2D eigenvalue weighted by atomic mass is 19.1. The molecule has 2 aromatic carbocycles. The van der Waals surface area contributed by atoms with Crippen LogP contribution in [0.5, 0.6) is 11.5 Å². The van der Waals surface area contributed by atoms with E-state index >= 15 is 0 Å². The maximum atomic E-state index is 14.9. The number of carboxylic acid groups (broad SMARTS) is 1. The van der Waals surface area contributed by atoms with Crippen LogP contribution in [0.3, 0.4) is 0 Å². The van der Waals surface area contributed by atoms with Crippen LogP contribution >= 0.6 is 0 Å². The van der Waals surface area contributed by atoms with Crippen molar-refractivity contribution < 1.29 is 32.9 Å². The molecule has 0 aliphatic carbocycles. The quantitative estimate of drug-likeness (QED) is 0.721. The molecular weight excluding hydrogens is 377 g/mol. The average Bonchev–Trinajstić information content (AvgIpc) is 2.64. The van der Waals surface area contributed by atoms with Gasteiger partial charge in [0, 0.05) is 37.8 Å². The molecule has 9 heteroatoms. The Labute approximate surface area is 159 Å². The predicted molar refractivity (Wildman–Crippen MR) is 95.3 cm³/mol. The summed E-state index contributed by atoms with van der Waals surface area (Å²) in [5.41, 5.74) is -1.29. The monoisotopic (exact) mass is 396 g/mol. The normalized spacial score (nSPS) is 15.9. The predicted octanol–water partition coefficient (Wildman–Crippen LogP) is 3.50. The second-order valence-electron chi connectivity index (χ2n) is 6.67. The van der Waals surface area contributed by atoms with E-state index in [1.807, 2.05) is 0 Å². The largest absolute Gasteiger partial charge is 0.465 e. The average molecular weight is 396 g/mol. The molecule has 2 aromatic rings. The maximum absolute atomic E-state index is 14.9. The minimum absolute atomic E-state index is 0.0308. The number of nitrogens with zero attached hydrogens (tertiary/aromatic N) is 1. The van der Waals surface area contributed by atoms with E-state index in [0.29, 0.717) is 0 Å². The van der Waals surface area contributed by atoms with Gasteiger partial charge in [0.25, 0.3) is 0 Å². The lowest BCUT2D eigenvalue weighted by molar-refractivity contribution is 0.0172. The summed E-state index contributed by atoms with van der Waals surface area (Å²) >= 11 is 0. The molecule has 3 N–H and O–H groups in total. The van der Waals surface area contributed by atoms with Gasteiger partial charge in [-0.15, -0.1) is 0 Å². The molecule has 3 rings (SSSR count). The van der Waals surface area contributed by atoms with Crippen LogP contribution in [0.25, 0.3) is 0 Å². The van der Waals surface area contributed by atoms with Gasteiger partial charge >= 0.3 is 6.09 Å². The summed E-state index contributed by atoms with van der Waals surface area (Å²) in [7, 11) is 0. The molecular formula is C19H19F3N2O4. The van der Waals surface area contributed by atoms with E-state index < -0.39 is 29.1 Å². The van der Waals surface area contributed by atoms with Crippen LogP contribution in [0.2, 0.25) is 0 Å². The van der Waals surface area contributed by atoms with Gasteiger partial charge in [0.1, 0.15) is 17.4 Å². The molecule has 6 nitrogen and oxygen atoms in total. The molecule has 1 aliphatic rings. The Hall–Kier alpha value is -2.94. The zero-order chi connectivity index (χ0) is 20.3.